The Labute approximate surface area is 184 Å². The number of hydrogen-bond acceptors (Lipinski definition) is 5. The number of esters is 1. The van der Waals surface area contributed by atoms with Crippen molar-refractivity contribution in [3.8, 4) is 0 Å². The van der Waals surface area contributed by atoms with Crippen molar-refractivity contribution in [3.05, 3.63) is 71.5 Å². The molecule has 3 rings (SSSR count). The van der Waals surface area contributed by atoms with Crippen LogP contribution in [0, 0.1) is 5.82 Å². The number of carbonyl (C=O) groups excluding carboxylic acids is 4. The molecule has 3 atom stereocenters. The molecular formula is C23H24FN3O5. The molecule has 0 aliphatic carbocycles. The molecule has 3 amide bonds. The molecule has 1 saturated heterocycles. The second kappa shape index (κ2) is 10.5. The van der Waals surface area contributed by atoms with Crippen LogP contribution in [-0.2, 0) is 36.8 Å². The second-order valence-electron chi connectivity index (χ2n) is 7.45. The second-order valence-corrected chi connectivity index (χ2v) is 7.45. The summed E-state index contributed by atoms with van der Waals surface area (Å²) in [6.07, 6.45) is -0.168. The first kappa shape index (κ1) is 22.9. The molecule has 0 saturated carbocycles. The number of carbonyl (C=O) groups is 4. The minimum Gasteiger partial charge on any atom is -0.467 e. The summed E-state index contributed by atoms with van der Waals surface area (Å²) >= 11 is 0. The lowest BCUT2D eigenvalue weighted by Gasteiger charge is -2.29. The fourth-order valence-corrected chi connectivity index (χ4v) is 3.47. The predicted octanol–water partition coefficient (Wildman–Crippen LogP) is 0.642. The fourth-order valence-electron chi connectivity index (χ4n) is 3.47. The Bertz CT molecular complexity index is 998. The van der Waals surface area contributed by atoms with Gasteiger partial charge < -0.3 is 20.7 Å². The van der Waals surface area contributed by atoms with Crippen LogP contribution in [0.5, 0.6) is 0 Å². The Morgan fingerprint density at radius 1 is 1.00 bits per heavy atom. The van der Waals surface area contributed by atoms with Crippen LogP contribution >= 0.6 is 0 Å². The van der Waals surface area contributed by atoms with Crippen molar-refractivity contribution in [3.63, 3.8) is 0 Å². The molecule has 1 heterocycles. The van der Waals surface area contributed by atoms with E-state index >= 15 is 0 Å². The van der Waals surface area contributed by atoms with Gasteiger partial charge in [0.1, 0.15) is 23.9 Å². The zero-order valence-corrected chi connectivity index (χ0v) is 17.5. The minimum atomic E-state index is -1.14. The largest absolute Gasteiger partial charge is 0.467 e. The van der Waals surface area contributed by atoms with E-state index < -0.39 is 47.6 Å². The van der Waals surface area contributed by atoms with E-state index in [9.17, 15) is 23.6 Å². The van der Waals surface area contributed by atoms with Crippen molar-refractivity contribution >= 4 is 23.7 Å². The number of amides is 3. The third-order valence-corrected chi connectivity index (χ3v) is 5.14. The van der Waals surface area contributed by atoms with Crippen LogP contribution in [0.2, 0.25) is 0 Å². The van der Waals surface area contributed by atoms with Crippen molar-refractivity contribution in [2.45, 2.75) is 37.4 Å². The van der Waals surface area contributed by atoms with Crippen LogP contribution in [0.15, 0.2) is 54.6 Å². The monoisotopic (exact) mass is 441 g/mol. The van der Waals surface area contributed by atoms with Crippen LogP contribution in [0.4, 0.5) is 4.39 Å². The SMILES string of the molecule is COC(=O)[C@H](Cc1ccccc1F)NC(=O)C[C@@H]1NC(=O)[C@H](Cc2ccccc2)NC1=O. The van der Waals surface area contributed by atoms with Crippen LogP contribution in [0.3, 0.4) is 0 Å². The van der Waals surface area contributed by atoms with Gasteiger partial charge in [-0.25, -0.2) is 9.18 Å². The summed E-state index contributed by atoms with van der Waals surface area (Å²) in [5.41, 5.74) is 1.12. The topological polar surface area (TPSA) is 114 Å². The maximum atomic E-state index is 13.9. The highest BCUT2D eigenvalue weighted by Crippen LogP contribution is 2.12. The van der Waals surface area contributed by atoms with E-state index in [2.05, 4.69) is 16.0 Å². The molecule has 8 nitrogen and oxygen atoms in total. The summed E-state index contributed by atoms with van der Waals surface area (Å²) in [6, 6.07) is 12.1. The Morgan fingerprint density at radius 3 is 2.31 bits per heavy atom. The van der Waals surface area contributed by atoms with Gasteiger partial charge in [0.2, 0.25) is 17.7 Å². The molecule has 32 heavy (non-hydrogen) atoms. The van der Waals surface area contributed by atoms with Crippen molar-refractivity contribution in [1.29, 1.82) is 0 Å². The zero-order chi connectivity index (χ0) is 23.1. The maximum absolute atomic E-state index is 13.9. The zero-order valence-electron chi connectivity index (χ0n) is 17.5. The molecule has 2 aromatic rings. The van der Waals surface area contributed by atoms with Gasteiger partial charge in [0.15, 0.2) is 0 Å². The summed E-state index contributed by atoms with van der Waals surface area (Å²) in [5, 5.41) is 7.65. The van der Waals surface area contributed by atoms with Gasteiger partial charge >= 0.3 is 5.97 Å². The van der Waals surface area contributed by atoms with Crippen LogP contribution in [0.1, 0.15) is 17.5 Å². The normalized spacial score (nSPS) is 18.8. The highest BCUT2D eigenvalue weighted by Gasteiger charge is 2.35. The number of hydrogen-bond donors (Lipinski definition) is 3. The molecule has 0 spiro atoms. The molecule has 2 aromatic carbocycles. The van der Waals surface area contributed by atoms with Crippen molar-refractivity contribution in [1.82, 2.24) is 16.0 Å². The number of halogens is 1. The average Bonchev–Trinajstić information content (AvgIpc) is 2.78. The van der Waals surface area contributed by atoms with Gasteiger partial charge in [-0.05, 0) is 17.2 Å². The number of methoxy groups -OCH3 is 1. The minimum absolute atomic E-state index is 0.118. The summed E-state index contributed by atoms with van der Waals surface area (Å²) in [7, 11) is 1.16. The van der Waals surface area contributed by atoms with Crippen molar-refractivity contribution < 1.29 is 28.3 Å². The van der Waals surface area contributed by atoms with Crippen LogP contribution < -0.4 is 16.0 Å². The molecule has 1 aliphatic heterocycles. The standard InChI is InChI=1S/C23H24FN3O5/c1-32-23(31)19(12-15-9-5-6-10-16(15)24)25-20(28)13-18-22(30)26-17(21(29)27-18)11-14-7-3-2-4-8-14/h2-10,17-19H,11-13H2,1H3,(H,25,28)(H,26,30)(H,27,29)/t17-,18-,19-/m0/s1. The molecule has 9 heteroatoms. The Balaban J connectivity index is 1.59. The highest BCUT2D eigenvalue weighted by atomic mass is 19.1. The van der Waals surface area contributed by atoms with E-state index in [1.807, 2.05) is 30.3 Å². The first-order chi connectivity index (χ1) is 15.4. The lowest BCUT2D eigenvalue weighted by molar-refractivity contribution is -0.145. The van der Waals surface area contributed by atoms with E-state index in [0.29, 0.717) is 6.42 Å². The average molecular weight is 441 g/mol. The van der Waals surface area contributed by atoms with E-state index in [4.69, 9.17) is 4.74 Å². The molecule has 1 aliphatic rings. The lowest BCUT2D eigenvalue weighted by atomic mass is 10.0. The molecule has 0 bridgehead atoms. The van der Waals surface area contributed by atoms with Crippen molar-refractivity contribution in [2.75, 3.05) is 7.11 Å². The van der Waals surface area contributed by atoms with Gasteiger partial charge in [0, 0.05) is 12.8 Å². The Morgan fingerprint density at radius 2 is 1.62 bits per heavy atom. The molecule has 168 valence electrons. The third kappa shape index (κ3) is 5.90. The fraction of sp³-hybridized carbons (Fsp3) is 0.304. The third-order valence-electron chi connectivity index (χ3n) is 5.14. The van der Waals surface area contributed by atoms with Gasteiger partial charge in [0.25, 0.3) is 0 Å². The molecule has 3 N–H and O–H groups in total. The number of benzene rings is 2. The molecule has 0 radical (unpaired) electrons. The summed E-state index contributed by atoms with van der Waals surface area (Å²) in [6.45, 7) is 0. The number of nitrogens with one attached hydrogen (secondary N) is 3. The maximum Gasteiger partial charge on any atom is 0.328 e. The quantitative estimate of drug-likeness (QED) is 0.521. The number of rotatable bonds is 8. The molecular weight excluding hydrogens is 417 g/mol. The van der Waals surface area contributed by atoms with E-state index in [1.165, 1.54) is 18.2 Å². The Kier molecular flexibility index (Phi) is 7.54. The van der Waals surface area contributed by atoms with Crippen LogP contribution in [0.25, 0.3) is 0 Å². The van der Waals surface area contributed by atoms with Gasteiger partial charge in [0.05, 0.1) is 13.5 Å². The predicted molar refractivity (Wildman–Crippen MR) is 113 cm³/mol. The van der Waals surface area contributed by atoms with Crippen molar-refractivity contribution in [2.24, 2.45) is 0 Å². The smallest absolute Gasteiger partial charge is 0.328 e. The number of piperazine rings is 1. The highest BCUT2D eigenvalue weighted by molar-refractivity contribution is 5.99. The lowest BCUT2D eigenvalue weighted by Crippen LogP contribution is -2.63. The summed E-state index contributed by atoms with van der Waals surface area (Å²) in [5.74, 6) is -2.81. The van der Waals surface area contributed by atoms with E-state index in [0.717, 1.165) is 12.7 Å². The molecule has 1 fully saturated rings. The first-order valence-corrected chi connectivity index (χ1v) is 10.1. The van der Waals surface area contributed by atoms with Crippen LogP contribution in [-0.4, -0.2) is 48.9 Å². The number of ether oxygens (including phenoxy) is 1. The molecule has 0 unspecified atom stereocenters. The Hall–Kier alpha value is -3.75. The first-order valence-electron chi connectivity index (χ1n) is 10.1. The van der Waals surface area contributed by atoms with Gasteiger partial charge in [-0.2, -0.15) is 0 Å². The van der Waals surface area contributed by atoms with E-state index in [1.54, 1.807) is 6.07 Å². The van der Waals surface area contributed by atoms with Gasteiger partial charge in [-0.3, -0.25) is 14.4 Å². The summed E-state index contributed by atoms with van der Waals surface area (Å²) < 4.78 is 18.6. The van der Waals surface area contributed by atoms with E-state index in [-0.39, 0.29) is 18.4 Å². The summed E-state index contributed by atoms with van der Waals surface area (Å²) in [4.78, 5) is 49.4. The molecule has 0 aromatic heterocycles. The van der Waals surface area contributed by atoms with Gasteiger partial charge in [-0.1, -0.05) is 48.5 Å². The van der Waals surface area contributed by atoms with Gasteiger partial charge in [-0.15, -0.1) is 0 Å².